The fourth-order valence-electron chi connectivity index (χ4n) is 4.21. The van der Waals surface area contributed by atoms with Crippen molar-refractivity contribution in [1.82, 2.24) is 20.1 Å². The molecule has 2 heterocycles. The van der Waals surface area contributed by atoms with Crippen molar-refractivity contribution in [2.75, 3.05) is 11.4 Å². The molecule has 0 saturated carbocycles. The number of carbonyl (C=O) groups is 2. The van der Waals surface area contributed by atoms with E-state index in [4.69, 9.17) is 0 Å². The average molecular weight is 432 g/mol. The van der Waals surface area contributed by atoms with Gasteiger partial charge in [-0.25, -0.2) is 4.98 Å². The van der Waals surface area contributed by atoms with Crippen molar-refractivity contribution in [2.24, 2.45) is 5.92 Å². The van der Waals surface area contributed by atoms with Gasteiger partial charge in [0.15, 0.2) is 0 Å². The quantitative estimate of drug-likeness (QED) is 0.590. The molecule has 4 rings (SSSR count). The molecule has 1 aliphatic rings. The van der Waals surface area contributed by atoms with Crippen LogP contribution in [0.4, 0.5) is 5.69 Å². The highest BCUT2D eigenvalue weighted by molar-refractivity contribution is 6.01. The van der Waals surface area contributed by atoms with E-state index in [0.717, 1.165) is 23.2 Å². The van der Waals surface area contributed by atoms with Crippen molar-refractivity contribution in [1.29, 1.82) is 0 Å². The van der Waals surface area contributed by atoms with Crippen LogP contribution >= 0.6 is 0 Å². The van der Waals surface area contributed by atoms with Crippen molar-refractivity contribution in [3.05, 3.63) is 78.4 Å². The van der Waals surface area contributed by atoms with Gasteiger partial charge in [0.25, 0.3) is 0 Å². The van der Waals surface area contributed by atoms with Crippen LogP contribution in [-0.4, -0.2) is 33.1 Å². The molecule has 0 spiro atoms. The van der Waals surface area contributed by atoms with Crippen molar-refractivity contribution >= 4 is 17.5 Å². The van der Waals surface area contributed by atoms with Crippen LogP contribution in [-0.2, 0) is 16.1 Å². The number of rotatable bonds is 8. The van der Waals surface area contributed by atoms with E-state index >= 15 is 0 Å². The number of nitrogens with one attached hydrogen (secondary N) is 1. The second-order valence-electron chi connectivity index (χ2n) is 8.36. The van der Waals surface area contributed by atoms with Crippen LogP contribution in [0, 0.1) is 5.92 Å². The summed E-state index contributed by atoms with van der Waals surface area (Å²) in [4.78, 5) is 31.9. The first-order valence-corrected chi connectivity index (χ1v) is 11.1. The number of nitrogens with zero attached hydrogens (tertiary/aromatic N) is 4. The summed E-state index contributed by atoms with van der Waals surface area (Å²) >= 11 is 0. The third-order valence-corrected chi connectivity index (χ3v) is 6.22. The minimum atomic E-state index is -0.394. The lowest BCUT2D eigenvalue weighted by Crippen LogP contribution is -2.37. The lowest BCUT2D eigenvalue weighted by Gasteiger charge is -2.24. The molecule has 3 unspecified atom stereocenters. The van der Waals surface area contributed by atoms with Crippen LogP contribution in [0.5, 0.6) is 0 Å². The predicted octanol–water partition coefficient (Wildman–Crippen LogP) is 3.70. The molecule has 2 aromatic carbocycles. The van der Waals surface area contributed by atoms with Gasteiger partial charge in [0.05, 0.1) is 18.5 Å². The topological polar surface area (TPSA) is 80.1 Å². The molecule has 32 heavy (non-hydrogen) atoms. The number of carbonyl (C=O) groups excluding carboxylic acids is 2. The lowest BCUT2D eigenvalue weighted by atomic mass is 9.96. The molecule has 0 aliphatic carbocycles. The van der Waals surface area contributed by atoms with Gasteiger partial charge in [-0.1, -0.05) is 62.4 Å². The molecule has 2 amide bonds. The Bertz CT molecular complexity index is 1050. The molecule has 3 aromatic rings. The van der Waals surface area contributed by atoms with Crippen LogP contribution < -0.4 is 10.2 Å². The average Bonchev–Trinajstić information content (AvgIpc) is 3.48. The molecule has 7 nitrogen and oxygen atoms in total. The summed E-state index contributed by atoms with van der Waals surface area (Å²) < 4.78 is 1.70. The van der Waals surface area contributed by atoms with E-state index < -0.39 is 5.92 Å². The number of anilines is 1. The zero-order valence-electron chi connectivity index (χ0n) is 18.5. The first-order valence-electron chi connectivity index (χ1n) is 11.1. The Kier molecular flexibility index (Phi) is 6.63. The Morgan fingerprint density at radius 1 is 1.16 bits per heavy atom. The maximum Gasteiger partial charge on any atom is 0.227 e. The molecule has 1 saturated heterocycles. The first-order chi connectivity index (χ1) is 15.6. The fraction of sp³-hybridized carbons (Fsp3) is 0.360. The molecule has 0 radical (unpaired) electrons. The minimum absolute atomic E-state index is 0.00607. The Morgan fingerprint density at radius 2 is 1.91 bits per heavy atom. The smallest absolute Gasteiger partial charge is 0.227 e. The summed E-state index contributed by atoms with van der Waals surface area (Å²) in [6.45, 7) is 5.17. The van der Waals surface area contributed by atoms with E-state index in [2.05, 4.69) is 35.3 Å². The normalized spacial score (nSPS) is 17.9. The molecule has 1 N–H and O–H groups in total. The SMILES string of the molecule is CCC(C)c1ccccc1N1CC(C(=O)NC(Cn2cncn2)c2ccccc2)CC1=O. The molecular formula is C25H29N5O2. The van der Waals surface area contributed by atoms with E-state index in [-0.39, 0.29) is 24.3 Å². The highest BCUT2D eigenvalue weighted by Crippen LogP contribution is 2.33. The number of amides is 2. The van der Waals surface area contributed by atoms with Crippen molar-refractivity contribution in [3.63, 3.8) is 0 Å². The molecule has 166 valence electrons. The van der Waals surface area contributed by atoms with Gasteiger partial charge in [0.2, 0.25) is 11.8 Å². The summed E-state index contributed by atoms with van der Waals surface area (Å²) in [7, 11) is 0. The molecule has 1 aliphatic heterocycles. The Hall–Kier alpha value is -3.48. The zero-order chi connectivity index (χ0) is 22.5. The van der Waals surface area contributed by atoms with E-state index in [0.29, 0.717) is 19.0 Å². The molecule has 0 bridgehead atoms. The van der Waals surface area contributed by atoms with Gasteiger partial charge >= 0.3 is 0 Å². The van der Waals surface area contributed by atoms with E-state index in [1.807, 2.05) is 48.5 Å². The summed E-state index contributed by atoms with van der Waals surface area (Å²) in [6, 6.07) is 17.6. The predicted molar refractivity (Wildman–Crippen MR) is 123 cm³/mol. The number of para-hydroxylation sites is 1. The molecular weight excluding hydrogens is 402 g/mol. The zero-order valence-corrected chi connectivity index (χ0v) is 18.5. The van der Waals surface area contributed by atoms with Crippen LogP contribution in [0.15, 0.2) is 67.3 Å². The molecule has 7 heteroatoms. The molecule has 1 aromatic heterocycles. The Morgan fingerprint density at radius 3 is 2.62 bits per heavy atom. The van der Waals surface area contributed by atoms with Gasteiger partial charge in [0.1, 0.15) is 12.7 Å². The number of hydrogen-bond acceptors (Lipinski definition) is 4. The van der Waals surface area contributed by atoms with E-state index in [1.54, 1.807) is 15.9 Å². The van der Waals surface area contributed by atoms with Gasteiger partial charge in [-0.3, -0.25) is 14.3 Å². The molecule has 3 atom stereocenters. The second kappa shape index (κ2) is 9.77. The van der Waals surface area contributed by atoms with Crippen molar-refractivity contribution < 1.29 is 9.59 Å². The monoisotopic (exact) mass is 431 g/mol. The minimum Gasteiger partial charge on any atom is -0.347 e. The van der Waals surface area contributed by atoms with Crippen LogP contribution in [0.3, 0.4) is 0 Å². The first kappa shape index (κ1) is 21.7. The summed E-state index contributed by atoms with van der Waals surface area (Å²) in [5.74, 6) is -0.171. The highest BCUT2D eigenvalue weighted by Gasteiger charge is 2.37. The Balaban J connectivity index is 1.50. The van der Waals surface area contributed by atoms with E-state index in [9.17, 15) is 9.59 Å². The summed E-state index contributed by atoms with van der Waals surface area (Å²) in [5, 5.41) is 7.32. The van der Waals surface area contributed by atoms with E-state index in [1.165, 1.54) is 6.33 Å². The third-order valence-electron chi connectivity index (χ3n) is 6.22. The van der Waals surface area contributed by atoms with Gasteiger partial charge in [-0.15, -0.1) is 0 Å². The Labute approximate surface area is 188 Å². The summed E-state index contributed by atoms with van der Waals surface area (Å²) in [5.41, 5.74) is 3.06. The van der Waals surface area contributed by atoms with Crippen LogP contribution in [0.25, 0.3) is 0 Å². The fourth-order valence-corrected chi connectivity index (χ4v) is 4.21. The van der Waals surface area contributed by atoms with Crippen LogP contribution in [0.1, 0.15) is 49.8 Å². The van der Waals surface area contributed by atoms with Gasteiger partial charge in [-0.05, 0) is 29.5 Å². The number of hydrogen-bond donors (Lipinski definition) is 1. The maximum atomic E-state index is 13.2. The maximum absolute atomic E-state index is 13.2. The largest absolute Gasteiger partial charge is 0.347 e. The van der Waals surface area contributed by atoms with Crippen molar-refractivity contribution in [2.45, 2.75) is 45.2 Å². The van der Waals surface area contributed by atoms with Gasteiger partial charge in [-0.2, -0.15) is 5.10 Å². The second-order valence-corrected chi connectivity index (χ2v) is 8.36. The standard InChI is InChI=1S/C25H29N5O2/c1-3-18(2)21-11-7-8-12-23(21)30-14-20(13-24(30)31)25(32)28-22(15-29-17-26-16-27-29)19-9-5-4-6-10-19/h4-12,16-18,20,22H,3,13-15H2,1-2H3,(H,28,32). The number of benzene rings is 2. The van der Waals surface area contributed by atoms with Gasteiger partial charge in [0, 0.05) is 18.7 Å². The third kappa shape index (κ3) is 4.72. The highest BCUT2D eigenvalue weighted by atomic mass is 16.2. The summed E-state index contributed by atoms with van der Waals surface area (Å²) in [6.07, 6.45) is 4.32. The van der Waals surface area contributed by atoms with Crippen molar-refractivity contribution in [3.8, 4) is 0 Å². The molecule has 1 fully saturated rings. The number of aromatic nitrogens is 3. The van der Waals surface area contributed by atoms with Crippen LogP contribution in [0.2, 0.25) is 0 Å². The van der Waals surface area contributed by atoms with Gasteiger partial charge < -0.3 is 10.2 Å². The lowest BCUT2D eigenvalue weighted by molar-refractivity contribution is -0.127.